The summed E-state index contributed by atoms with van der Waals surface area (Å²) in [5, 5.41) is 4.29. The SMILES string of the molecule is CN(C)C[C@@H]1OCCN(C(=O)c2ncccc2OCCN)[C@H]1c1cnn(C)c1.Cl.Cl. The lowest BCUT2D eigenvalue weighted by Crippen LogP contribution is -2.51. The van der Waals surface area contributed by atoms with E-state index >= 15 is 0 Å². The van der Waals surface area contributed by atoms with E-state index < -0.39 is 0 Å². The quantitative estimate of drug-likeness (QED) is 0.660. The van der Waals surface area contributed by atoms with Gasteiger partial charge in [0, 0.05) is 44.6 Å². The molecule has 0 radical (unpaired) electrons. The van der Waals surface area contributed by atoms with E-state index in [2.05, 4.69) is 15.0 Å². The molecule has 0 spiro atoms. The first kappa shape index (κ1) is 26.1. The van der Waals surface area contributed by atoms with Crippen molar-refractivity contribution in [1.82, 2.24) is 24.6 Å². The normalized spacial score (nSPS) is 18.5. The van der Waals surface area contributed by atoms with Gasteiger partial charge in [-0.1, -0.05) is 0 Å². The number of aromatic nitrogens is 3. The molecule has 3 rings (SSSR count). The zero-order chi connectivity index (χ0) is 20.1. The Bertz CT molecular complexity index is 804. The molecule has 0 aromatic carbocycles. The van der Waals surface area contributed by atoms with Crippen molar-refractivity contribution in [3.63, 3.8) is 0 Å². The van der Waals surface area contributed by atoms with Crippen LogP contribution in [0.25, 0.3) is 0 Å². The molecule has 1 aliphatic rings. The largest absolute Gasteiger partial charge is 0.490 e. The Morgan fingerprint density at radius 1 is 1.40 bits per heavy atom. The second kappa shape index (κ2) is 12.1. The van der Waals surface area contributed by atoms with E-state index in [9.17, 15) is 4.79 Å². The number of hydrogen-bond acceptors (Lipinski definition) is 7. The van der Waals surface area contributed by atoms with Gasteiger partial charge in [-0.05, 0) is 26.2 Å². The highest BCUT2D eigenvalue weighted by Gasteiger charge is 2.38. The van der Waals surface area contributed by atoms with E-state index in [4.69, 9.17) is 15.2 Å². The first-order valence-corrected chi connectivity index (χ1v) is 9.35. The van der Waals surface area contributed by atoms with E-state index in [-0.39, 0.29) is 48.6 Å². The highest BCUT2D eigenvalue weighted by Crippen LogP contribution is 2.32. The smallest absolute Gasteiger partial charge is 0.277 e. The Balaban J connectivity index is 0.00000225. The maximum absolute atomic E-state index is 13.5. The lowest BCUT2D eigenvalue weighted by Gasteiger charge is -2.41. The van der Waals surface area contributed by atoms with Gasteiger partial charge in [0.15, 0.2) is 11.4 Å². The topological polar surface area (TPSA) is 98.7 Å². The van der Waals surface area contributed by atoms with Crippen molar-refractivity contribution in [2.45, 2.75) is 12.1 Å². The first-order valence-electron chi connectivity index (χ1n) is 9.35. The number of carbonyl (C=O) groups is 1. The molecule has 2 aromatic rings. The fourth-order valence-corrected chi connectivity index (χ4v) is 3.43. The van der Waals surface area contributed by atoms with Crippen molar-refractivity contribution in [2.24, 2.45) is 12.8 Å². The van der Waals surface area contributed by atoms with Crippen LogP contribution < -0.4 is 10.5 Å². The van der Waals surface area contributed by atoms with Gasteiger partial charge in [0.1, 0.15) is 6.61 Å². The van der Waals surface area contributed by atoms with E-state index in [1.165, 1.54) is 0 Å². The van der Waals surface area contributed by atoms with Crippen molar-refractivity contribution in [3.8, 4) is 5.75 Å². The van der Waals surface area contributed by atoms with Crippen molar-refractivity contribution in [2.75, 3.05) is 46.9 Å². The first-order chi connectivity index (χ1) is 13.5. The summed E-state index contributed by atoms with van der Waals surface area (Å²) in [6.45, 7) is 2.30. The van der Waals surface area contributed by atoms with Crippen molar-refractivity contribution in [3.05, 3.63) is 42.0 Å². The Kier molecular flexibility index (Phi) is 10.5. The van der Waals surface area contributed by atoms with Crippen LogP contribution in [0.15, 0.2) is 30.7 Å². The number of nitrogens with zero attached hydrogens (tertiary/aromatic N) is 5. The van der Waals surface area contributed by atoms with Gasteiger partial charge in [0.25, 0.3) is 5.91 Å². The lowest BCUT2D eigenvalue weighted by atomic mass is 10.00. The molecule has 1 fully saturated rings. The number of hydrogen-bond donors (Lipinski definition) is 1. The van der Waals surface area contributed by atoms with Crippen LogP contribution in [0.1, 0.15) is 22.1 Å². The lowest BCUT2D eigenvalue weighted by molar-refractivity contribution is -0.0687. The number of nitrogens with two attached hydrogens (primary N) is 1. The third-order valence-electron chi connectivity index (χ3n) is 4.57. The minimum Gasteiger partial charge on any atom is -0.490 e. The van der Waals surface area contributed by atoms with Crippen molar-refractivity contribution >= 4 is 30.7 Å². The van der Waals surface area contributed by atoms with Crippen LogP contribution >= 0.6 is 24.8 Å². The Morgan fingerprint density at radius 3 is 2.80 bits per heavy atom. The molecule has 0 bridgehead atoms. The molecule has 1 saturated heterocycles. The van der Waals surface area contributed by atoms with Gasteiger partial charge in [-0.15, -0.1) is 24.8 Å². The van der Waals surface area contributed by atoms with E-state index in [0.717, 1.165) is 5.56 Å². The maximum atomic E-state index is 13.5. The van der Waals surface area contributed by atoms with Gasteiger partial charge >= 0.3 is 0 Å². The second-order valence-electron chi connectivity index (χ2n) is 7.05. The summed E-state index contributed by atoms with van der Waals surface area (Å²) in [6, 6.07) is 3.23. The van der Waals surface area contributed by atoms with E-state index in [1.807, 2.05) is 32.2 Å². The maximum Gasteiger partial charge on any atom is 0.277 e. The molecule has 3 heterocycles. The molecule has 2 aromatic heterocycles. The third-order valence-corrected chi connectivity index (χ3v) is 4.57. The summed E-state index contributed by atoms with van der Waals surface area (Å²) in [5.41, 5.74) is 6.76. The predicted octanol–water partition coefficient (Wildman–Crippen LogP) is 1.14. The average molecular weight is 461 g/mol. The van der Waals surface area contributed by atoms with Gasteiger partial charge in [-0.3, -0.25) is 9.48 Å². The highest BCUT2D eigenvalue weighted by molar-refractivity contribution is 5.95. The van der Waals surface area contributed by atoms with Gasteiger partial charge in [0.05, 0.1) is 24.9 Å². The molecule has 2 N–H and O–H groups in total. The number of rotatable bonds is 7. The van der Waals surface area contributed by atoms with Crippen LogP contribution in [0.2, 0.25) is 0 Å². The number of morpholine rings is 1. The number of pyridine rings is 1. The molecule has 0 aliphatic carbocycles. The van der Waals surface area contributed by atoms with Crippen LogP contribution in [0.3, 0.4) is 0 Å². The van der Waals surface area contributed by atoms with Crippen LogP contribution in [0.5, 0.6) is 5.75 Å². The fraction of sp³-hybridized carbons (Fsp3) is 0.526. The summed E-state index contributed by atoms with van der Waals surface area (Å²) < 4.78 is 13.4. The molecule has 1 amide bonds. The number of aryl methyl sites for hydroxylation is 1. The molecule has 1 aliphatic heterocycles. The molecule has 0 unspecified atom stereocenters. The number of likely N-dealkylation sites (N-methyl/N-ethyl adjacent to an activating group) is 1. The number of ether oxygens (including phenoxy) is 2. The van der Waals surface area contributed by atoms with E-state index in [1.54, 1.807) is 29.2 Å². The monoisotopic (exact) mass is 460 g/mol. The summed E-state index contributed by atoms with van der Waals surface area (Å²) in [6.07, 6.45) is 5.13. The number of amides is 1. The van der Waals surface area contributed by atoms with Crippen LogP contribution in [0, 0.1) is 0 Å². The number of halogens is 2. The molecule has 2 atom stereocenters. The number of carbonyl (C=O) groups excluding carboxylic acids is 1. The van der Waals surface area contributed by atoms with Gasteiger partial charge in [-0.25, -0.2) is 4.98 Å². The van der Waals surface area contributed by atoms with Crippen LogP contribution in [0.4, 0.5) is 0 Å². The van der Waals surface area contributed by atoms with Gasteiger partial charge in [0.2, 0.25) is 0 Å². The molecular weight excluding hydrogens is 431 g/mol. The predicted molar refractivity (Wildman–Crippen MR) is 119 cm³/mol. The summed E-state index contributed by atoms with van der Waals surface area (Å²) >= 11 is 0. The molecular formula is C19H30Cl2N6O3. The average Bonchev–Trinajstić information content (AvgIpc) is 3.11. The fourth-order valence-electron chi connectivity index (χ4n) is 3.43. The highest BCUT2D eigenvalue weighted by atomic mass is 35.5. The Hall–Kier alpha value is -1.91. The van der Waals surface area contributed by atoms with Gasteiger partial charge in [-0.2, -0.15) is 5.10 Å². The summed E-state index contributed by atoms with van der Waals surface area (Å²) in [5.74, 6) is 0.257. The van der Waals surface area contributed by atoms with Crippen molar-refractivity contribution in [1.29, 1.82) is 0 Å². The zero-order valence-corrected chi connectivity index (χ0v) is 19.1. The summed E-state index contributed by atoms with van der Waals surface area (Å²) in [7, 11) is 5.84. The van der Waals surface area contributed by atoms with Crippen LogP contribution in [-0.2, 0) is 11.8 Å². The Labute approximate surface area is 189 Å². The Morgan fingerprint density at radius 2 is 2.17 bits per heavy atom. The van der Waals surface area contributed by atoms with Gasteiger partial charge < -0.3 is 25.0 Å². The molecule has 168 valence electrons. The minimum atomic E-state index is -0.262. The molecule has 30 heavy (non-hydrogen) atoms. The molecule has 9 nitrogen and oxygen atoms in total. The molecule has 0 saturated carbocycles. The second-order valence-corrected chi connectivity index (χ2v) is 7.05. The summed E-state index contributed by atoms with van der Waals surface area (Å²) in [4.78, 5) is 21.6. The van der Waals surface area contributed by atoms with Crippen molar-refractivity contribution < 1.29 is 14.3 Å². The third kappa shape index (κ3) is 6.05. The van der Waals surface area contributed by atoms with E-state index in [0.29, 0.717) is 38.6 Å². The van der Waals surface area contributed by atoms with Crippen LogP contribution in [-0.4, -0.2) is 83.5 Å². The zero-order valence-electron chi connectivity index (χ0n) is 17.4. The standard InChI is InChI=1S/C19H28N6O3.2ClH/c1-23(2)13-16-18(14-11-22-24(3)12-14)25(8-10-28-16)19(26)17-15(27-9-6-20)5-4-7-21-17;;/h4-5,7,11-12,16,18H,6,8-10,13,20H2,1-3H3;2*1H/t16-,18-;;/m0../s1. The minimum absolute atomic E-state index is 0. The molecule has 11 heteroatoms.